The summed E-state index contributed by atoms with van der Waals surface area (Å²) < 4.78 is 29.0. The van der Waals surface area contributed by atoms with Gasteiger partial charge in [-0.3, -0.25) is 4.84 Å². The van der Waals surface area contributed by atoms with Crippen LogP contribution in [0.5, 0.6) is 5.75 Å². The lowest BCUT2D eigenvalue weighted by atomic mass is 9.98. The van der Waals surface area contributed by atoms with E-state index < -0.39 is 10.0 Å². The molecular weight excluding hydrogens is 266 g/mol. The summed E-state index contributed by atoms with van der Waals surface area (Å²) in [5.74, 6) is 0.618. The Morgan fingerprint density at radius 2 is 1.74 bits per heavy atom. The molecule has 1 aliphatic carbocycles. The van der Waals surface area contributed by atoms with Gasteiger partial charge in [0.2, 0.25) is 0 Å². The second kappa shape index (κ2) is 6.36. The minimum atomic E-state index is -3.61. The Balaban J connectivity index is 1.96. The van der Waals surface area contributed by atoms with Crippen LogP contribution in [0.2, 0.25) is 0 Å². The Labute approximate surface area is 113 Å². The Morgan fingerprint density at radius 3 is 2.32 bits per heavy atom. The number of benzene rings is 1. The molecule has 106 valence electrons. The molecule has 0 atom stereocenters. The fourth-order valence-corrected chi connectivity index (χ4v) is 2.97. The summed E-state index contributed by atoms with van der Waals surface area (Å²) in [5, 5.41) is 0. The molecule has 0 unspecified atom stereocenters. The summed E-state index contributed by atoms with van der Waals surface area (Å²) in [6.45, 7) is 0. The number of ether oxygens (including phenoxy) is 1. The first-order valence-corrected chi connectivity index (χ1v) is 7.91. The number of sulfonamides is 1. The van der Waals surface area contributed by atoms with E-state index in [9.17, 15) is 8.42 Å². The Morgan fingerprint density at radius 1 is 1.11 bits per heavy atom. The van der Waals surface area contributed by atoms with Crippen LogP contribution >= 0.6 is 0 Å². The Bertz CT molecular complexity index is 492. The fourth-order valence-electron chi connectivity index (χ4n) is 2.12. The van der Waals surface area contributed by atoms with Crippen molar-refractivity contribution in [3.05, 3.63) is 24.3 Å². The van der Waals surface area contributed by atoms with Gasteiger partial charge in [0.1, 0.15) is 5.75 Å². The molecule has 0 amide bonds. The average molecular weight is 285 g/mol. The standard InChI is InChI=1S/C13H19NO4S/c1-17-11-7-9-13(10-8-11)19(15,16)14-18-12-5-3-2-4-6-12/h7-10,12,14H,2-6H2,1H3. The molecule has 5 nitrogen and oxygen atoms in total. The van der Waals surface area contributed by atoms with Gasteiger partial charge >= 0.3 is 0 Å². The van der Waals surface area contributed by atoms with Gasteiger partial charge in [0.05, 0.1) is 18.1 Å². The molecule has 0 heterocycles. The summed E-state index contributed by atoms with van der Waals surface area (Å²) in [6, 6.07) is 6.20. The van der Waals surface area contributed by atoms with Crippen LogP contribution < -0.4 is 9.62 Å². The van der Waals surface area contributed by atoms with Crippen molar-refractivity contribution in [3.63, 3.8) is 0 Å². The molecule has 1 fully saturated rings. The molecule has 19 heavy (non-hydrogen) atoms. The van der Waals surface area contributed by atoms with Crippen molar-refractivity contribution in [3.8, 4) is 5.75 Å². The summed E-state index contributed by atoms with van der Waals surface area (Å²) in [7, 11) is -2.08. The second-order valence-corrected chi connectivity index (χ2v) is 6.29. The first kappa shape index (κ1) is 14.3. The second-order valence-electron chi connectivity index (χ2n) is 4.64. The molecule has 1 saturated carbocycles. The summed E-state index contributed by atoms with van der Waals surface area (Å²) in [5.41, 5.74) is 0. The largest absolute Gasteiger partial charge is 0.497 e. The van der Waals surface area contributed by atoms with Crippen molar-refractivity contribution in [2.75, 3.05) is 7.11 Å². The summed E-state index contributed by atoms with van der Waals surface area (Å²) in [6.07, 6.45) is 5.19. The van der Waals surface area contributed by atoms with Gasteiger partial charge in [-0.05, 0) is 37.1 Å². The van der Waals surface area contributed by atoms with Crippen molar-refractivity contribution in [2.45, 2.75) is 43.1 Å². The quantitative estimate of drug-likeness (QED) is 0.843. The van der Waals surface area contributed by atoms with Gasteiger partial charge < -0.3 is 4.74 Å². The highest BCUT2D eigenvalue weighted by Crippen LogP contribution is 2.20. The number of hydrogen-bond donors (Lipinski definition) is 1. The first-order valence-electron chi connectivity index (χ1n) is 6.43. The molecule has 0 aliphatic heterocycles. The van der Waals surface area contributed by atoms with E-state index in [1.807, 2.05) is 0 Å². The van der Waals surface area contributed by atoms with Gasteiger partial charge in [-0.2, -0.15) is 0 Å². The highest BCUT2D eigenvalue weighted by Gasteiger charge is 2.19. The first-order chi connectivity index (χ1) is 9.12. The molecule has 2 rings (SSSR count). The zero-order valence-corrected chi connectivity index (χ0v) is 11.8. The maximum Gasteiger partial charge on any atom is 0.262 e. The van der Waals surface area contributed by atoms with Crippen molar-refractivity contribution >= 4 is 10.0 Å². The molecule has 6 heteroatoms. The molecular formula is C13H19NO4S. The van der Waals surface area contributed by atoms with Crippen molar-refractivity contribution in [1.29, 1.82) is 0 Å². The van der Waals surface area contributed by atoms with E-state index in [0.29, 0.717) is 5.75 Å². The summed E-state index contributed by atoms with van der Waals surface area (Å²) >= 11 is 0. The lowest BCUT2D eigenvalue weighted by molar-refractivity contribution is -0.00385. The molecule has 1 aromatic carbocycles. The monoisotopic (exact) mass is 285 g/mol. The minimum absolute atomic E-state index is 0.0122. The third-order valence-electron chi connectivity index (χ3n) is 3.25. The van der Waals surface area contributed by atoms with Gasteiger partial charge in [-0.25, -0.2) is 8.42 Å². The molecule has 0 bridgehead atoms. The molecule has 0 aromatic heterocycles. The van der Waals surface area contributed by atoms with E-state index in [1.54, 1.807) is 12.1 Å². The Hall–Kier alpha value is -1.11. The SMILES string of the molecule is COc1ccc(S(=O)(=O)NOC2CCCCC2)cc1. The van der Waals surface area contributed by atoms with Crippen LogP contribution in [0.3, 0.4) is 0 Å². The molecule has 1 N–H and O–H groups in total. The maximum absolute atomic E-state index is 12.0. The molecule has 0 saturated heterocycles. The summed E-state index contributed by atoms with van der Waals surface area (Å²) in [4.78, 5) is 7.67. The topological polar surface area (TPSA) is 64.6 Å². The number of hydrogen-bond acceptors (Lipinski definition) is 4. The van der Waals surface area contributed by atoms with Gasteiger partial charge in [-0.1, -0.05) is 24.1 Å². The van der Waals surface area contributed by atoms with Crippen molar-refractivity contribution in [1.82, 2.24) is 4.89 Å². The lowest BCUT2D eigenvalue weighted by Crippen LogP contribution is -2.30. The van der Waals surface area contributed by atoms with Crippen LogP contribution in [0.1, 0.15) is 32.1 Å². The van der Waals surface area contributed by atoms with E-state index in [4.69, 9.17) is 9.57 Å². The van der Waals surface area contributed by atoms with E-state index in [0.717, 1.165) is 25.7 Å². The van der Waals surface area contributed by atoms with Crippen LogP contribution in [0.4, 0.5) is 0 Å². The van der Waals surface area contributed by atoms with E-state index in [2.05, 4.69) is 4.89 Å². The molecule has 0 radical (unpaired) electrons. The third-order valence-corrected chi connectivity index (χ3v) is 4.45. The maximum atomic E-state index is 12.0. The highest BCUT2D eigenvalue weighted by atomic mass is 32.2. The van der Waals surface area contributed by atoms with Gasteiger partial charge in [0.15, 0.2) is 0 Å². The predicted molar refractivity (Wildman–Crippen MR) is 71.3 cm³/mol. The van der Waals surface area contributed by atoms with E-state index in [1.165, 1.54) is 25.7 Å². The van der Waals surface area contributed by atoms with Crippen LogP contribution in [-0.2, 0) is 14.9 Å². The normalized spacial score (nSPS) is 17.3. The smallest absolute Gasteiger partial charge is 0.262 e. The number of nitrogens with one attached hydrogen (secondary N) is 1. The van der Waals surface area contributed by atoms with E-state index >= 15 is 0 Å². The molecule has 1 aromatic rings. The van der Waals surface area contributed by atoms with Crippen LogP contribution in [0, 0.1) is 0 Å². The average Bonchev–Trinajstić information content (AvgIpc) is 2.46. The van der Waals surface area contributed by atoms with Gasteiger partial charge in [0.25, 0.3) is 10.0 Å². The fraction of sp³-hybridized carbons (Fsp3) is 0.538. The molecule has 0 spiro atoms. The zero-order valence-electron chi connectivity index (χ0n) is 11.0. The van der Waals surface area contributed by atoms with Gasteiger partial charge in [0, 0.05) is 0 Å². The van der Waals surface area contributed by atoms with E-state index in [-0.39, 0.29) is 11.0 Å². The van der Waals surface area contributed by atoms with Gasteiger partial charge in [-0.15, -0.1) is 0 Å². The highest BCUT2D eigenvalue weighted by molar-refractivity contribution is 7.89. The lowest BCUT2D eigenvalue weighted by Gasteiger charge is -2.21. The third kappa shape index (κ3) is 3.92. The van der Waals surface area contributed by atoms with Crippen molar-refractivity contribution in [2.24, 2.45) is 0 Å². The zero-order chi connectivity index (χ0) is 13.7. The number of methoxy groups -OCH3 is 1. The minimum Gasteiger partial charge on any atom is -0.497 e. The van der Waals surface area contributed by atoms with Crippen LogP contribution in [-0.4, -0.2) is 21.6 Å². The predicted octanol–water partition coefficient (Wildman–Crippen LogP) is 2.24. The van der Waals surface area contributed by atoms with Crippen LogP contribution in [0.25, 0.3) is 0 Å². The van der Waals surface area contributed by atoms with Crippen molar-refractivity contribution < 1.29 is 18.0 Å². The number of rotatable bonds is 5. The molecule has 1 aliphatic rings. The van der Waals surface area contributed by atoms with Crippen LogP contribution in [0.15, 0.2) is 29.2 Å². The Kier molecular flexibility index (Phi) is 4.79.